The summed E-state index contributed by atoms with van der Waals surface area (Å²) in [6.07, 6.45) is 3.93. The van der Waals surface area contributed by atoms with Crippen LogP contribution in [0.1, 0.15) is 5.56 Å². The summed E-state index contributed by atoms with van der Waals surface area (Å²) < 4.78 is 3.35. The third-order valence-electron chi connectivity index (χ3n) is 2.76. The summed E-state index contributed by atoms with van der Waals surface area (Å²) in [5.74, 6) is 0. The van der Waals surface area contributed by atoms with Gasteiger partial charge in [0, 0.05) is 10.7 Å². The number of aromatic nitrogens is 1. The lowest BCUT2D eigenvalue weighted by Gasteiger charge is -1.95. The van der Waals surface area contributed by atoms with Gasteiger partial charge in [0.15, 0.2) is 4.34 Å². The molecule has 3 aromatic rings. The molecule has 0 N–H and O–H groups in total. The van der Waals surface area contributed by atoms with Gasteiger partial charge in [0.1, 0.15) is 0 Å². The molecule has 20 heavy (non-hydrogen) atoms. The maximum absolute atomic E-state index is 4.52. The molecule has 0 bridgehead atoms. The molecule has 0 unspecified atom stereocenters. The number of fused-ring (bicyclic) bond motifs is 1. The first-order valence-corrected chi connectivity index (χ1v) is 8.82. The zero-order valence-electron chi connectivity index (χ0n) is 10.7. The van der Waals surface area contributed by atoms with Crippen molar-refractivity contribution < 1.29 is 0 Å². The van der Waals surface area contributed by atoms with Crippen LogP contribution < -0.4 is 0 Å². The van der Waals surface area contributed by atoms with Crippen LogP contribution in [0.4, 0.5) is 5.69 Å². The minimum absolute atomic E-state index is 0.955. The molecular formula is C15H11BrN2S2. The number of aliphatic imine (C=N–C) groups is 1. The monoisotopic (exact) mass is 362 g/mol. The van der Waals surface area contributed by atoms with Crippen LogP contribution in [0.2, 0.25) is 0 Å². The van der Waals surface area contributed by atoms with Crippen molar-refractivity contribution in [3.05, 3.63) is 52.5 Å². The summed E-state index contributed by atoms with van der Waals surface area (Å²) in [5, 5.41) is 0. The molecule has 0 radical (unpaired) electrons. The summed E-state index contributed by atoms with van der Waals surface area (Å²) in [7, 11) is 0. The molecule has 0 amide bonds. The fraction of sp³-hybridized carbons (Fsp3) is 0.0667. The Kier molecular flexibility index (Phi) is 4.19. The fourth-order valence-electron chi connectivity index (χ4n) is 1.76. The van der Waals surface area contributed by atoms with Gasteiger partial charge in [-0.1, -0.05) is 39.8 Å². The van der Waals surface area contributed by atoms with Gasteiger partial charge in [-0.25, -0.2) is 4.98 Å². The van der Waals surface area contributed by atoms with Crippen LogP contribution in [0.3, 0.4) is 0 Å². The van der Waals surface area contributed by atoms with Crippen molar-refractivity contribution >= 4 is 61.1 Å². The van der Waals surface area contributed by atoms with Crippen LogP contribution in [0, 0.1) is 0 Å². The first kappa shape index (κ1) is 13.8. The van der Waals surface area contributed by atoms with E-state index >= 15 is 0 Å². The van der Waals surface area contributed by atoms with E-state index in [4.69, 9.17) is 0 Å². The summed E-state index contributed by atoms with van der Waals surface area (Å²) in [6.45, 7) is 0. The molecule has 0 aliphatic heterocycles. The third-order valence-corrected chi connectivity index (χ3v) is 5.29. The summed E-state index contributed by atoms with van der Waals surface area (Å²) >= 11 is 6.81. The van der Waals surface area contributed by atoms with Crippen LogP contribution in [0.25, 0.3) is 10.2 Å². The van der Waals surface area contributed by atoms with Crippen LogP contribution >= 0.6 is 39.0 Å². The van der Waals surface area contributed by atoms with Gasteiger partial charge >= 0.3 is 0 Å². The number of thiazole rings is 1. The predicted molar refractivity (Wildman–Crippen MR) is 92.8 cm³/mol. The lowest BCUT2D eigenvalue weighted by Crippen LogP contribution is -1.79. The molecule has 0 fully saturated rings. The molecule has 1 aromatic heterocycles. The molecule has 5 heteroatoms. The third kappa shape index (κ3) is 3.11. The molecule has 0 aliphatic carbocycles. The van der Waals surface area contributed by atoms with Gasteiger partial charge in [0.05, 0.1) is 15.9 Å². The number of thioether (sulfide) groups is 1. The standard InChI is InChI=1S/C15H11BrN2S2/c1-19-15-18-13-7-6-12(8-14(13)20-15)17-9-10-2-4-11(16)5-3-10/h2-9H,1H3. The molecular weight excluding hydrogens is 352 g/mol. The Morgan fingerprint density at radius 3 is 2.75 bits per heavy atom. The number of hydrogen-bond donors (Lipinski definition) is 0. The zero-order chi connectivity index (χ0) is 13.9. The second-order valence-electron chi connectivity index (χ2n) is 4.15. The van der Waals surface area contributed by atoms with E-state index in [1.165, 1.54) is 4.70 Å². The van der Waals surface area contributed by atoms with Crippen molar-refractivity contribution in [3.63, 3.8) is 0 Å². The largest absolute Gasteiger partial charge is 0.256 e. The average Bonchev–Trinajstić information content (AvgIpc) is 2.89. The highest BCUT2D eigenvalue weighted by Crippen LogP contribution is 2.30. The maximum Gasteiger partial charge on any atom is 0.150 e. The predicted octanol–water partition coefficient (Wildman–Crippen LogP) is 5.53. The fourth-order valence-corrected chi connectivity index (χ4v) is 3.54. The van der Waals surface area contributed by atoms with Crippen molar-refractivity contribution in [1.82, 2.24) is 4.98 Å². The highest BCUT2D eigenvalue weighted by molar-refractivity contribution is 9.10. The molecule has 100 valence electrons. The summed E-state index contributed by atoms with van der Waals surface area (Å²) in [4.78, 5) is 9.05. The minimum Gasteiger partial charge on any atom is -0.256 e. The van der Waals surface area contributed by atoms with E-state index in [0.717, 1.165) is 25.6 Å². The zero-order valence-corrected chi connectivity index (χ0v) is 13.9. The molecule has 2 aromatic carbocycles. The second-order valence-corrected chi connectivity index (χ2v) is 7.15. The van der Waals surface area contributed by atoms with Gasteiger partial charge in [0.2, 0.25) is 0 Å². The van der Waals surface area contributed by atoms with Crippen molar-refractivity contribution in [2.75, 3.05) is 6.26 Å². The molecule has 0 atom stereocenters. The van der Waals surface area contributed by atoms with Gasteiger partial charge in [-0.3, -0.25) is 4.99 Å². The number of hydrogen-bond acceptors (Lipinski definition) is 4. The lowest BCUT2D eigenvalue weighted by atomic mass is 10.2. The number of benzene rings is 2. The Bertz CT molecular complexity index is 763. The number of halogens is 1. The van der Waals surface area contributed by atoms with Crippen molar-refractivity contribution in [1.29, 1.82) is 0 Å². The molecule has 1 heterocycles. The normalized spacial score (nSPS) is 11.5. The minimum atomic E-state index is 0.955. The summed E-state index contributed by atoms with van der Waals surface area (Å²) in [6, 6.07) is 14.2. The average molecular weight is 363 g/mol. The SMILES string of the molecule is CSc1nc2ccc(N=Cc3ccc(Br)cc3)cc2s1. The molecule has 2 nitrogen and oxygen atoms in total. The van der Waals surface area contributed by atoms with E-state index in [-0.39, 0.29) is 0 Å². The van der Waals surface area contributed by atoms with E-state index in [1.807, 2.05) is 48.9 Å². The maximum atomic E-state index is 4.52. The van der Waals surface area contributed by atoms with E-state index in [0.29, 0.717) is 0 Å². The van der Waals surface area contributed by atoms with Crippen molar-refractivity contribution in [2.45, 2.75) is 4.34 Å². The Morgan fingerprint density at radius 1 is 1.20 bits per heavy atom. The van der Waals surface area contributed by atoms with E-state index < -0.39 is 0 Å². The van der Waals surface area contributed by atoms with Gasteiger partial charge in [-0.2, -0.15) is 0 Å². The Morgan fingerprint density at radius 2 is 2.00 bits per heavy atom. The summed E-state index contributed by atoms with van der Waals surface area (Å²) in [5.41, 5.74) is 3.08. The Hall–Kier alpha value is -1.17. The van der Waals surface area contributed by atoms with Crippen LogP contribution in [0.5, 0.6) is 0 Å². The Labute approximate surface area is 134 Å². The molecule has 3 rings (SSSR count). The molecule has 0 aliphatic rings. The van der Waals surface area contributed by atoms with Crippen LogP contribution in [0.15, 0.2) is 56.3 Å². The molecule has 0 spiro atoms. The first-order chi connectivity index (χ1) is 9.74. The van der Waals surface area contributed by atoms with Crippen molar-refractivity contribution in [3.8, 4) is 0 Å². The highest BCUT2D eigenvalue weighted by atomic mass is 79.9. The number of nitrogens with zero attached hydrogens (tertiary/aromatic N) is 2. The molecule has 0 saturated heterocycles. The van der Waals surface area contributed by atoms with Gasteiger partial charge in [-0.15, -0.1) is 11.3 Å². The first-order valence-electron chi connectivity index (χ1n) is 5.99. The van der Waals surface area contributed by atoms with Crippen LogP contribution in [-0.4, -0.2) is 17.5 Å². The van der Waals surface area contributed by atoms with Gasteiger partial charge in [0.25, 0.3) is 0 Å². The van der Waals surface area contributed by atoms with E-state index in [2.05, 4.69) is 32.0 Å². The number of rotatable bonds is 3. The smallest absolute Gasteiger partial charge is 0.150 e. The second kappa shape index (κ2) is 6.08. The quantitative estimate of drug-likeness (QED) is 0.451. The van der Waals surface area contributed by atoms with E-state index in [9.17, 15) is 0 Å². The lowest BCUT2D eigenvalue weighted by molar-refractivity contribution is 1.31. The van der Waals surface area contributed by atoms with Crippen LogP contribution in [-0.2, 0) is 0 Å². The molecule has 0 saturated carbocycles. The Balaban J connectivity index is 1.88. The van der Waals surface area contributed by atoms with Crippen molar-refractivity contribution in [2.24, 2.45) is 4.99 Å². The topological polar surface area (TPSA) is 25.2 Å². The highest BCUT2D eigenvalue weighted by Gasteiger charge is 2.02. The van der Waals surface area contributed by atoms with E-state index in [1.54, 1.807) is 23.1 Å². The van der Waals surface area contributed by atoms with Gasteiger partial charge in [-0.05, 0) is 42.2 Å². The van der Waals surface area contributed by atoms with Gasteiger partial charge < -0.3 is 0 Å².